The Balaban J connectivity index is 2.47. The predicted octanol–water partition coefficient (Wildman–Crippen LogP) is 2.73. The van der Waals surface area contributed by atoms with E-state index in [4.69, 9.17) is 11.5 Å². The van der Waals surface area contributed by atoms with Crippen LogP contribution in [0.25, 0.3) is 0 Å². The van der Waals surface area contributed by atoms with E-state index < -0.39 is 11.1 Å². The maximum absolute atomic E-state index is 6.52. The highest BCUT2D eigenvalue weighted by Gasteiger charge is 2.40. The smallest absolute Gasteiger partial charge is 0.0603 e. The standard InChI is InChI=1S/C16H20N2/c1-15(17,13-9-5-3-6-10-13)16(2,18)14-11-7-4-8-12-14/h3-12H,17-18H2,1-2H3. The van der Waals surface area contributed by atoms with Crippen LogP contribution in [0.3, 0.4) is 0 Å². The van der Waals surface area contributed by atoms with E-state index in [9.17, 15) is 0 Å². The van der Waals surface area contributed by atoms with Crippen LogP contribution in [0.2, 0.25) is 0 Å². The molecule has 2 unspecified atom stereocenters. The van der Waals surface area contributed by atoms with Gasteiger partial charge in [-0.05, 0) is 25.0 Å². The Morgan fingerprint density at radius 2 is 0.889 bits per heavy atom. The molecule has 2 aromatic carbocycles. The van der Waals surface area contributed by atoms with Gasteiger partial charge in [0.2, 0.25) is 0 Å². The fraction of sp³-hybridized carbons (Fsp3) is 0.250. The molecule has 0 saturated carbocycles. The quantitative estimate of drug-likeness (QED) is 0.866. The molecule has 2 aromatic rings. The fourth-order valence-electron chi connectivity index (χ4n) is 2.17. The van der Waals surface area contributed by atoms with E-state index in [-0.39, 0.29) is 0 Å². The van der Waals surface area contributed by atoms with E-state index in [2.05, 4.69) is 0 Å². The summed E-state index contributed by atoms with van der Waals surface area (Å²) in [6.07, 6.45) is 0. The second kappa shape index (κ2) is 4.56. The van der Waals surface area contributed by atoms with Crippen molar-refractivity contribution in [1.29, 1.82) is 0 Å². The van der Waals surface area contributed by atoms with Crippen molar-refractivity contribution in [1.82, 2.24) is 0 Å². The summed E-state index contributed by atoms with van der Waals surface area (Å²) in [4.78, 5) is 0. The number of nitrogens with two attached hydrogens (primary N) is 2. The van der Waals surface area contributed by atoms with Crippen molar-refractivity contribution < 1.29 is 0 Å². The van der Waals surface area contributed by atoms with Crippen LogP contribution in [0, 0.1) is 0 Å². The molecule has 0 spiro atoms. The second-order valence-corrected chi connectivity index (χ2v) is 5.14. The van der Waals surface area contributed by atoms with Crippen molar-refractivity contribution in [3.05, 3.63) is 71.8 Å². The van der Waals surface area contributed by atoms with Gasteiger partial charge in [0.1, 0.15) is 0 Å². The van der Waals surface area contributed by atoms with Gasteiger partial charge in [0.15, 0.2) is 0 Å². The van der Waals surface area contributed by atoms with Crippen LogP contribution in [-0.2, 0) is 11.1 Å². The Morgan fingerprint density at radius 1 is 0.611 bits per heavy atom. The van der Waals surface area contributed by atoms with Crippen molar-refractivity contribution in [3.8, 4) is 0 Å². The van der Waals surface area contributed by atoms with Crippen LogP contribution in [-0.4, -0.2) is 0 Å². The average molecular weight is 240 g/mol. The Bertz CT molecular complexity index is 452. The average Bonchev–Trinajstić information content (AvgIpc) is 2.40. The van der Waals surface area contributed by atoms with Crippen LogP contribution < -0.4 is 11.5 Å². The first-order valence-corrected chi connectivity index (χ1v) is 6.15. The summed E-state index contributed by atoms with van der Waals surface area (Å²) in [6, 6.07) is 20.0. The highest BCUT2D eigenvalue weighted by atomic mass is 14.9. The molecule has 0 aromatic heterocycles. The van der Waals surface area contributed by atoms with Gasteiger partial charge in [0.25, 0.3) is 0 Å². The van der Waals surface area contributed by atoms with Crippen LogP contribution in [0.1, 0.15) is 25.0 Å². The predicted molar refractivity (Wildman–Crippen MR) is 76.0 cm³/mol. The fourth-order valence-corrected chi connectivity index (χ4v) is 2.17. The summed E-state index contributed by atoms with van der Waals surface area (Å²) in [6.45, 7) is 3.96. The summed E-state index contributed by atoms with van der Waals surface area (Å²) >= 11 is 0. The molecule has 94 valence electrons. The zero-order valence-corrected chi connectivity index (χ0v) is 10.9. The lowest BCUT2D eigenvalue weighted by molar-refractivity contribution is 0.268. The Labute approximate surface area is 109 Å². The molecule has 18 heavy (non-hydrogen) atoms. The third-order valence-electron chi connectivity index (χ3n) is 3.83. The van der Waals surface area contributed by atoms with Gasteiger partial charge in [-0.1, -0.05) is 60.7 Å². The summed E-state index contributed by atoms with van der Waals surface area (Å²) in [5, 5.41) is 0. The number of benzene rings is 2. The molecule has 0 aliphatic heterocycles. The molecule has 0 heterocycles. The summed E-state index contributed by atoms with van der Waals surface area (Å²) in [5.74, 6) is 0. The number of rotatable bonds is 3. The third kappa shape index (κ3) is 2.05. The molecule has 4 N–H and O–H groups in total. The minimum atomic E-state index is -0.629. The normalized spacial score (nSPS) is 17.8. The Kier molecular flexibility index (Phi) is 3.24. The monoisotopic (exact) mass is 240 g/mol. The topological polar surface area (TPSA) is 52.0 Å². The maximum Gasteiger partial charge on any atom is 0.0603 e. The number of hydrogen-bond donors (Lipinski definition) is 2. The minimum Gasteiger partial charge on any atom is -0.320 e. The molecular weight excluding hydrogens is 220 g/mol. The van der Waals surface area contributed by atoms with Gasteiger partial charge in [0.05, 0.1) is 11.1 Å². The molecular formula is C16H20N2. The molecule has 0 radical (unpaired) electrons. The lowest BCUT2D eigenvalue weighted by Gasteiger charge is -2.42. The van der Waals surface area contributed by atoms with Crippen molar-refractivity contribution in [2.45, 2.75) is 24.9 Å². The van der Waals surface area contributed by atoms with Gasteiger partial charge >= 0.3 is 0 Å². The van der Waals surface area contributed by atoms with Crippen molar-refractivity contribution in [2.75, 3.05) is 0 Å². The summed E-state index contributed by atoms with van der Waals surface area (Å²) < 4.78 is 0. The van der Waals surface area contributed by atoms with Crippen LogP contribution >= 0.6 is 0 Å². The van der Waals surface area contributed by atoms with Gasteiger partial charge < -0.3 is 11.5 Å². The summed E-state index contributed by atoms with van der Waals surface area (Å²) in [7, 11) is 0. The van der Waals surface area contributed by atoms with Crippen molar-refractivity contribution in [3.63, 3.8) is 0 Å². The number of hydrogen-bond acceptors (Lipinski definition) is 2. The first-order chi connectivity index (χ1) is 8.46. The van der Waals surface area contributed by atoms with Crippen LogP contribution in [0.4, 0.5) is 0 Å². The first kappa shape index (κ1) is 12.8. The zero-order chi connectivity index (χ0) is 13.2. The second-order valence-electron chi connectivity index (χ2n) is 5.14. The van der Waals surface area contributed by atoms with E-state index in [1.807, 2.05) is 74.5 Å². The van der Waals surface area contributed by atoms with Crippen molar-refractivity contribution >= 4 is 0 Å². The largest absolute Gasteiger partial charge is 0.320 e. The minimum absolute atomic E-state index is 0.629. The molecule has 0 saturated heterocycles. The zero-order valence-electron chi connectivity index (χ0n) is 10.9. The molecule has 2 nitrogen and oxygen atoms in total. The summed E-state index contributed by atoms with van der Waals surface area (Å²) in [5.41, 5.74) is 13.9. The van der Waals surface area contributed by atoms with Crippen LogP contribution in [0.5, 0.6) is 0 Å². The molecule has 0 aliphatic carbocycles. The molecule has 0 bridgehead atoms. The Morgan fingerprint density at radius 3 is 1.17 bits per heavy atom. The highest BCUT2D eigenvalue weighted by molar-refractivity contribution is 5.35. The molecule has 2 atom stereocenters. The van der Waals surface area contributed by atoms with E-state index in [1.54, 1.807) is 0 Å². The van der Waals surface area contributed by atoms with E-state index in [1.165, 1.54) is 0 Å². The molecule has 2 rings (SSSR count). The van der Waals surface area contributed by atoms with E-state index >= 15 is 0 Å². The van der Waals surface area contributed by atoms with E-state index in [0.29, 0.717) is 0 Å². The van der Waals surface area contributed by atoms with Gasteiger partial charge in [0, 0.05) is 0 Å². The molecule has 0 amide bonds. The third-order valence-corrected chi connectivity index (χ3v) is 3.83. The molecule has 0 fully saturated rings. The lowest BCUT2D eigenvalue weighted by Crippen LogP contribution is -2.57. The lowest BCUT2D eigenvalue weighted by atomic mass is 9.72. The molecule has 2 heteroatoms. The van der Waals surface area contributed by atoms with Gasteiger partial charge in [-0.2, -0.15) is 0 Å². The Hall–Kier alpha value is -1.64. The van der Waals surface area contributed by atoms with E-state index in [0.717, 1.165) is 11.1 Å². The van der Waals surface area contributed by atoms with Crippen LogP contribution in [0.15, 0.2) is 60.7 Å². The maximum atomic E-state index is 6.52. The SMILES string of the molecule is CC(N)(c1ccccc1)C(C)(N)c1ccccc1. The van der Waals surface area contributed by atoms with Gasteiger partial charge in [-0.3, -0.25) is 0 Å². The molecule has 0 aliphatic rings. The first-order valence-electron chi connectivity index (χ1n) is 6.15. The highest BCUT2D eigenvalue weighted by Crippen LogP contribution is 2.35. The van der Waals surface area contributed by atoms with Gasteiger partial charge in [-0.15, -0.1) is 0 Å². The van der Waals surface area contributed by atoms with Crippen molar-refractivity contribution in [2.24, 2.45) is 11.5 Å². The van der Waals surface area contributed by atoms with Gasteiger partial charge in [-0.25, -0.2) is 0 Å².